The van der Waals surface area contributed by atoms with Crippen LogP contribution in [-0.4, -0.2) is 16.1 Å². The number of anilines is 1. The van der Waals surface area contributed by atoms with E-state index in [4.69, 9.17) is 21.1 Å². The molecule has 5 nitrogen and oxygen atoms in total. The Balaban J connectivity index is 2.02. The first-order valence-corrected chi connectivity index (χ1v) is 5.20. The molecule has 2 heterocycles. The van der Waals surface area contributed by atoms with Gasteiger partial charge in [0.2, 0.25) is 5.76 Å². The van der Waals surface area contributed by atoms with E-state index in [-0.39, 0.29) is 5.76 Å². The molecule has 0 aromatic carbocycles. The van der Waals surface area contributed by atoms with Gasteiger partial charge in [-0.15, -0.1) is 0 Å². The summed E-state index contributed by atoms with van der Waals surface area (Å²) in [6, 6.07) is 4.67. The Hall–Kier alpha value is -2.01. The second-order valence-corrected chi connectivity index (χ2v) is 3.69. The molecule has 2 N–H and O–H groups in total. The SMILES string of the molecule is O=C(O)c1ccc(CNc2cnccc2Cl)o1. The molecule has 0 radical (unpaired) electrons. The predicted octanol–water partition coefficient (Wildman–Crippen LogP) is 2.64. The van der Waals surface area contributed by atoms with Gasteiger partial charge in [0.1, 0.15) is 5.76 Å². The summed E-state index contributed by atoms with van der Waals surface area (Å²) in [5.74, 6) is -0.655. The van der Waals surface area contributed by atoms with Crippen molar-refractivity contribution in [2.24, 2.45) is 0 Å². The van der Waals surface area contributed by atoms with Crippen molar-refractivity contribution >= 4 is 23.3 Å². The summed E-state index contributed by atoms with van der Waals surface area (Å²) in [5.41, 5.74) is 0.669. The third-order valence-corrected chi connectivity index (χ3v) is 2.42. The highest BCUT2D eigenvalue weighted by atomic mass is 35.5. The summed E-state index contributed by atoms with van der Waals surface area (Å²) in [6.45, 7) is 0.346. The van der Waals surface area contributed by atoms with Crippen LogP contribution in [0.2, 0.25) is 5.02 Å². The fourth-order valence-electron chi connectivity index (χ4n) is 1.28. The first-order valence-electron chi connectivity index (χ1n) is 4.82. The minimum atomic E-state index is -1.09. The van der Waals surface area contributed by atoms with Crippen LogP contribution in [-0.2, 0) is 6.54 Å². The van der Waals surface area contributed by atoms with Crippen molar-refractivity contribution in [3.8, 4) is 0 Å². The normalized spacial score (nSPS) is 10.2. The number of carboxylic acid groups (broad SMARTS) is 1. The molecule has 88 valence electrons. The average Bonchev–Trinajstić information content (AvgIpc) is 2.77. The topological polar surface area (TPSA) is 75.4 Å². The highest BCUT2D eigenvalue weighted by molar-refractivity contribution is 6.33. The molecule has 0 bridgehead atoms. The minimum Gasteiger partial charge on any atom is -0.475 e. The van der Waals surface area contributed by atoms with Crippen LogP contribution in [0.5, 0.6) is 0 Å². The average molecular weight is 253 g/mol. The first kappa shape index (κ1) is 11.5. The Bertz CT molecular complexity index is 539. The predicted molar refractivity (Wildman–Crippen MR) is 62.2 cm³/mol. The molecule has 0 unspecified atom stereocenters. The fourth-order valence-corrected chi connectivity index (χ4v) is 1.45. The standard InChI is InChI=1S/C11H9ClN2O3/c12-8-3-4-13-6-9(8)14-5-7-1-2-10(17-7)11(15)16/h1-4,6,14H,5H2,(H,15,16). The lowest BCUT2D eigenvalue weighted by molar-refractivity contribution is 0.0660. The highest BCUT2D eigenvalue weighted by Gasteiger charge is 2.08. The zero-order valence-corrected chi connectivity index (χ0v) is 9.44. The number of aromatic nitrogens is 1. The lowest BCUT2D eigenvalue weighted by Gasteiger charge is -2.05. The van der Waals surface area contributed by atoms with E-state index >= 15 is 0 Å². The molecule has 2 aromatic rings. The molecule has 0 fully saturated rings. The van der Waals surface area contributed by atoms with Crippen LogP contribution >= 0.6 is 11.6 Å². The summed E-state index contributed by atoms with van der Waals surface area (Å²) >= 11 is 5.92. The Kier molecular flexibility index (Phi) is 3.30. The number of pyridine rings is 1. The van der Waals surface area contributed by atoms with E-state index in [1.807, 2.05) is 0 Å². The first-order chi connectivity index (χ1) is 8.16. The third-order valence-electron chi connectivity index (χ3n) is 2.09. The van der Waals surface area contributed by atoms with Gasteiger partial charge in [0.25, 0.3) is 0 Å². The molecule has 17 heavy (non-hydrogen) atoms. The van der Waals surface area contributed by atoms with Gasteiger partial charge < -0.3 is 14.8 Å². The molecule has 0 spiro atoms. The lowest BCUT2D eigenvalue weighted by Crippen LogP contribution is -1.99. The smallest absolute Gasteiger partial charge is 0.371 e. The van der Waals surface area contributed by atoms with Gasteiger partial charge in [-0.1, -0.05) is 11.6 Å². The Morgan fingerprint density at radius 2 is 2.29 bits per heavy atom. The zero-order chi connectivity index (χ0) is 12.3. The number of halogens is 1. The molecule has 0 saturated heterocycles. The van der Waals surface area contributed by atoms with Gasteiger partial charge in [-0.05, 0) is 18.2 Å². The Morgan fingerprint density at radius 3 is 2.94 bits per heavy atom. The van der Waals surface area contributed by atoms with E-state index < -0.39 is 5.97 Å². The number of aromatic carboxylic acids is 1. The second-order valence-electron chi connectivity index (χ2n) is 3.28. The van der Waals surface area contributed by atoms with Crippen LogP contribution in [0.3, 0.4) is 0 Å². The lowest BCUT2D eigenvalue weighted by atomic mass is 10.4. The molecule has 0 amide bonds. The molecule has 6 heteroatoms. The summed E-state index contributed by atoms with van der Waals surface area (Å²) in [5, 5.41) is 12.2. The van der Waals surface area contributed by atoms with Crippen molar-refractivity contribution in [1.82, 2.24) is 4.98 Å². The number of rotatable bonds is 4. The van der Waals surface area contributed by atoms with Gasteiger partial charge in [-0.3, -0.25) is 4.98 Å². The summed E-state index contributed by atoms with van der Waals surface area (Å²) in [7, 11) is 0. The van der Waals surface area contributed by atoms with E-state index in [1.165, 1.54) is 6.07 Å². The van der Waals surface area contributed by atoms with Crippen molar-refractivity contribution in [1.29, 1.82) is 0 Å². The number of nitrogens with zero attached hydrogens (tertiary/aromatic N) is 1. The molecule has 0 aliphatic heterocycles. The Morgan fingerprint density at radius 1 is 1.47 bits per heavy atom. The molecular weight excluding hydrogens is 244 g/mol. The maximum absolute atomic E-state index is 10.6. The summed E-state index contributed by atoms with van der Waals surface area (Å²) in [4.78, 5) is 14.5. The van der Waals surface area contributed by atoms with Crippen LogP contribution in [0.15, 0.2) is 35.0 Å². The third kappa shape index (κ3) is 2.76. The minimum absolute atomic E-state index is 0.0842. The number of carbonyl (C=O) groups is 1. The maximum atomic E-state index is 10.6. The molecule has 2 rings (SSSR count). The van der Waals surface area contributed by atoms with Crippen molar-refractivity contribution in [3.63, 3.8) is 0 Å². The molecule has 0 aliphatic rings. The van der Waals surface area contributed by atoms with Crippen LogP contribution in [0.25, 0.3) is 0 Å². The number of hydrogen-bond acceptors (Lipinski definition) is 4. The van der Waals surface area contributed by atoms with E-state index in [0.717, 1.165) is 0 Å². The van der Waals surface area contributed by atoms with Crippen LogP contribution in [0, 0.1) is 0 Å². The van der Waals surface area contributed by atoms with Gasteiger partial charge in [0, 0.05) is 6.20 Å². The van der Waals surface area contributed by atoms with Crippen molar-refractivity contribution < 1.29 is 14.3 Å². The van der Waals surface area contributed by atoms with Crippen LogP contribution in [0.1, 0.15) is 16.3 Å². The molecule has 0 saturated carbocycles. The van der Waals surface area contributed by atoms with E-state index in [0.29, 0.717) is 23.0 Å². The van der Waals surface area contributed by atoms with E-state index in [2.05, 4.69) is 10.3 Å². The van der Waals surface area contributed by atoms with Crippen molar-refractivity contribution in [2.45, 2.75) is 6.54 Å². The molecule has 0 aliphatic carbocycles. The van der Waals surface area contributed by atoms with Gasteiger partial charge >= 0.3 is 5.97 Å². The van der Waals surface area contributed by atoms with Gasteiger partial charge in [-0.2, -0.15) is 0 Å². The maximum Gasteiger partial charge on any atom is 0.371 e. The van der Waals surface area contributed by atoms with Gasteiger partial charge in [0.05, 0.1) is 23.5 Å². The van der Waals surface area contributed by atoms with Gasteiger partial charge in [0.15, 0.2) is 0 Å². The molecule has 2 aromatic heterocycles. The quantitative estimate of drug-likeness (QED) is 0.875. The van der Waals surface area contributed by atoms with Crippen LogP contribution in [0.4, 0.5) is 5.69 Å². The summed E-state index contributed by atoms with van der Waals surface area (Å²) < 4.78 is 5.08. The Labute approximate surface area is 102 Å². The van der Waals surface area contributed by atoms with Crippen LogP contribution < -0.4 is 5.32 Å². The highest BCUT2D eigenvalue weighted by Crippen LogP contribution is 2.20. The van der Waals surface area contributed by atoms with E-state index in [9.17, 15) is 4.79 Å². The van der Waals surface area contributed by atoms with Gasteiger partial charge in [-0.25, -0.2) is 4.79 Å². The number of nitrogens with one attached hydrogen (secondary N) is 1. The fraction of sp³-hybridized carbons (Fsp3) is 0.0909. The number of hydrogen-bond donors (Lipinski definition) is 2. The molecule has 0 atom stereocenters. The van der Waals surface area contributed by atoms with Crippen molar-refractivity contribution in [3.05, 3.63) is 47.1 Å². The molecular formula is C11H9ClN2O3. The second kappa shape index (κ2) is 4.88. The summed E-state index contributed by atoms with van der Waals surface area (Å²) in [6.07, 6.45) is 3.17. The van der Waals surface area contributed by atoms with Crippen molar-refractivity contribution in [2.75, 3.05) is 5.32 Å². The zero-order valence-electron chi connectivity index (χ0n) is 8.68. The number of furan rings is 1. The van der Waals surface area contributed by atoms with E-state index in [1.54, 1.807) is 24.5 Å². The largest absolute Gasteiger partial charge is 0.475 e. The number of carboxylic acids is 1. The monoisotopic (exact) mass is 252 g/mol.